The summed E-state index contributed by atoms with van der Waals surface area (Å²) in [6, 6.07) is 14.0. The molecule has 0 radical (unpaired) electrons. The predicted molar refractivity (Wildman–Crippen MR) is 111 cm³/mol. The highest BCUT2D eigenvalue weighted by Crippen LogP contribution is 2.24. The van der Waals surface area contributed by atoms with Crippen LogP contribution in [0.2, 0.25) is 0 Å². The Balaban J connectivity index is 1.62. The third-order valence-corrected chi connectivity index (χ3v) is 4.38. The highest BCUT2D eigenvalue weighted by Gasteiger charge is 2.25. The van der Waals surface area contributed by atoms with Crippen LogP contribution in [0.15, 0.2) is 42.5 Å². The van der Waals surface area contributed by atoms with E-state index in [1.807, 2.05) is 45.0 Å². The van der Waals surface area contributed by atoms with Crippen LogP contribution in [0.5, 0.6) is 0 Å². The van der Waals surface area contributed by atoms with Crippen molar-refractivity contribution in [1.82, 2.24) is 4.90 Å². The lowest BCUT2D eigenvalue weighted by atomic mass is 9.99. The molecule has 3 rings (SSSR count). The van der Waals surface area contributed by atoms with Crippen molar-refractivity contribution in [1.29, 1.82) is 5.26 Å². The number of hydrogen-bond donors (Lipinski definition) is 2. The Bertz CT molecular complexity index is 973. The van der Waals surface area contributed by atoms with Gasteiger partial charge >= 0.3 is 12.1 Å². The van der Waals surface area contributed by atoms with Crippen molar-refractivity contribution in [3.63, 3.8) is 0 Å². The molecule has 0 saturated heterocycles. The molecule has 0 aromatic heterocycles. The second-order valence-corrected chi connectivity index (χ2v) is 7.91. The Hall–Kier alpha value is -3.53. The van der Waals surface area contributed by atoms with Gasteiger partial charge in [0.15, 0.2) is 0 Å². The number of carbonyl (C=O) groups excluding carboxylic acids is 2. The maximum atomic E-state index is 12.3. The molecule has 2 aromatic rings. The zero-order valence-electron chi connectivity index (χ0n) is 16.8. The molecule has 7 nitrogen and oxygen atoms in total. The predicted octanol–water partition coefficient (Wildman–Crippen LogP) is 4.50. The van der Waals surface area contributed by atoms with Gasteiger partial charge in [-0.2, -0.15) is 5.26 Å². The summed E-state index contributed by atoms with van der Waals surface area (Å²) < 4.78 is 5.44. The Morgan fingerprint density at radius 2 is 1.79 bits per heavy atom. The molecule has 0 saturated carbocycles. The summed E-state index contributed by atoms with van der Waals surface area (Å²) in [4.78, 5) is 26.2. The zero-order chi connectivity index (χ0) is 21.0. The summed E-state index contributed by atoms with van der Waals surface area (Å²) in [5, 5.41) is 14.5. The number of nitrogens with one attached hydrogen (secondary N) is 2. The number of anilines is 2. The van der Waals surface area contributed by atoms with Gasteiger partial charge in [-0.1, -0.05) is 12.1 Å². The van der Waals surface area contributed by atoms with Crippen molar-refractivity contribution >= 4 is 23.5 Å². The SMILES string of the molecule is CC(C)(C)OC(=O)N1CCc2cc(NC(=O)Nc3cccc(C#N)c3)ccc2C1. The summed E-state index contributed by atoms with van der Waals surface area (Å²) in [6.07, 6.45) is 0.375. The second-order valence-electron chi connectivity index (χ2n) is 7.91. The first-order valence-corrected chi connectivity index (χ1v) is 9.41. The van der Waals surface area contributed by atoms with Crippen molar-refractivity contribution in [2.45, 2.75) is 39.3 Å². The lowest BCUT2D eigenvalue weighted by molar-refractivity contribution is 0.0224. The zero-order valence-corrected chi connectivity index (χ0v) is 16.8. The minimum atomic E-state index is -0.523. The van der Waals surface area contributed by atoms with Crippen LogP contribution in [-0.4, -0.2) is 29.2 Å². The third-order valence-electron chi connectivity index (χ3n) is 4.38. The number of urea groups is 1. The summed E-state index contributed by atoms with van der Waals surface area (Å²) in [5.41, 5.74) is 3.30. The maximum absolute atomic E-state index is 12.3. The van der Waals surface area contributed by atoms with Gasteiger partial charge in [0.1, 0.15) is 5.60 Å². The Labute approximate surface area is 170 Å². The van der Waals surface area contributed by atoms with Crippen molar-refractivity contribution in [2.24, 2.45) is 0 Å². The van der Waals surface area contributed by atoms with E-state index < -0.39 is 5.60 Å². The van der Waals surface area contributed by atoms with Crippen molar-refractivity contribution in [2.75, 3.05) is 17.2 Å². The van der Waals surface area contributed by atoms with Crippen LogP contribution in [0.1, 0.15) is 37.5 Å². The summed E-state index contributed by atoms with van der Waals surface area (Å²) in [5.74, 6) is 0. The second kappa shape index (κ2) is 8.23. The van der Waals surface area contributed by atoms with E-state index >= 15 is 0 Å². The molecule has 0 aliphatic carbocycles. The smallest absolute Gasteiger partial charge is 0.410 e. The maximum Gasteiger partial charge on any atom is 0.410 e. The first-order chi connectivity index (χ1) is 13.7. The Morgan fingerprint density at radius 3 is 2.48 bits per heavy atom. The topological polar surface area (TPSA) is 94.5 Å². The van der Waals surface area contributed by atoms with E-state index in [4.69, 9.17) is 10.00 Å². The van der Waals surface area contributed by atoms with E-state index in [9.17, 15) is 9.59 Å². The van der Waals surface area contributed by atoms with Crippen LogP contribution in [-0.2, 0) is 17.7 Å². The number of amides is 3. The van der Waals surface area contributed by atoms with Crippen molar-refractivity contribution in [3.8, 4) is 6.07 Å². The van der Waals surface area contributed by atoms with Crippen LogP contribution >= 0.6 is 0 Å². The lowest BCUT2D eigenvalue weighted by Gasteiger charge is -2.31. The standard InChI is InChI=1S/C22H24N4O3/c1-22(2,3)29-21(28)26-10-9-16-12-19(8-7-17(16)14-26)25-20(27)24-18-6-4-5-15(11-18)13-23/h4-8,11-12H,9-10,14H2,1-3H3,(H2,24,25,27). The lowest BCUT2D eigenvalue weighted by Crippen LogP contribution is -2.39. The normalized spacial score (nSPS) is 13.1. The molecule has 29 heavy (non-hydrogen) atoms. The molecule has 1 aliphatic rings. The molecule has 3 amide bonds. The van der Waals surface area contributed by atoms with E-state index in [2.05, 4.69) is 10.6 Å². The molecule has 0 bridgehead atoms. The number of nitriles is 1. The fraction of sp³-hybridized carbons (Fsp3) is 0.318. The number of benzene rings is 2. The fourth-order valence-electron chi connectivity index (χ4n) is 3.07. The largest absolute Gasteiger partial charge is 0.444 e. The number of nitrogens with zero attached hydrogens (tertiary/aromatic N) is 2. The highest BCUT2D eigenvalue weighted by atomic mass is 16.6. The van der Waals surface area contributed by atoms with Crippen molar-refractivity contribution in [3.05, 3.63) is 59.2 Å². The molecule has 150 valence electrons. The van der Waals surface area contributed by atoms with Gasteiger partial charge in [0.05, 0.1) is 11.6 Å². The fourth-order valence-corrected chi connectivity index (χ4v) is 3.07. The molecular formula is C22H24N4O3. The molecular weight excluding hydrogens is 368 g/mol. The molecule has 0 spiro atoms. The number of ether oxygens (including phenoxy) is 1. The van der Waals surface area contributed by atoms with Crippen LogP contribution in [0.25, 0.3) is 0 Å². The minimum absolute atomic E-state index is 0.315. The van der Waals surface area contributed by atoms with Gasteiger partial charge in [-0.05, 0) is 68.7 Å². The Morgan fingerprint density at radius 1 is 1.07 bits per heavy atom. The summed E-state index contributed by atoms with van der Waals surface area (Å²) in [6.45, 7) is 6.60. The first-order valence-electron chi connectivity index (χ1n) is 9.41. The average molecular weight is 392 g/mol. The monoisotopic (exact) mass is 392 g/mol. The number of hydrogen-bond acceptors (Lipinski definition) is 4. The van der Waals surface area contributed by atoms with Crippen LogP contribution in [0.3, 0.4) is 0 Å². The molecule has 1 aliphatic heterocycles. The number of carbonyl (C=O) groups is 2. The molecule has 2 aromatic carbocycles. The van der Waals surface area contributed by atoms with Crippen LogP contribution < -0.4 is 10.6 Å². The average Bonchev–Trinajstić information content (AvgIpc) is 2.66. The van der Waals surface area contributed by atoms with Crippen LogP contribution in [0, 0.1) is 11.3 Å². The molecule has 0 fully saturated rings. The van der Waals surface area contributed by atoms with Gasteiger partial charge in [0.2, 0.25) is 0 Å². The van der Waals surface area contributed by atoms with E-state index in [-0.39, 0.29) is 12.1 Å². The minimum Gasteiger partial charge on any atom is -0.444 e. The third kappa shape index (κ3) is 5.48. The molecule has 1 heterocycles. The van der Waals surface area contributed by atoms with Crippen molar-refractivity contribution < 1.29 is 14.3 Å². The summed E-state index contributed by atoms with van der Waals surface area (Å²) in [7, 11) is 0. The van der Waals surface area contributed by atoms with Gasteiger partial charge in [0, 0.05) is 24.5 Å². The van der Waals surface area contributed by atoms with E-state index in [0.717, 1.165) is 11.1 Å². The quantitative estimate of drug-likeness (QED) is 0.787. The molecule has 2 N–H and O–H groups in total. The van der Waals surface area contributed by atoms with Gasteiger partial charge in [0.25, 0.3) is 0 Å². The summed E-state index contributed by atoms with van der Waals surface area (Å²) >= 11 is 0. The van der Waals surface area contributed by atoms with E-state index in [1.54, 1.807) is 29.2 Å². The van der Waals surface area contributed by atoms with Crippen LogP contribution in [0.4, 0.5) is 21.0 Å². The van der Waals surface area contributed by atoms with Gasteiger partial charge in [-0.3, -0.25) is 0 Å². The van der Waals surface area contributed by atoms with E-state index in [1.165, 1.54) is 0 Å². The molecule has 0 atom stereocenters. The first kappa shape index (κ1) is 20.2. The van der Waals surface area contributed by atoms with Gasteiger partial charge < -0.3 is 20.3 Å². The molecule has 0 unspecified atom stereocenters. The number of rotatable bonds is 2. The van der Waals surface area contributed by atoms with Gasteiger partial charge in [-0.25, -0.2) is 9.59 Å². The van der Waals surface area contributed by atoms with Gasteiger partial charge in [-0.15, -0.1) is 0 Å². The van der Waals surface area contributed by atoms with E-state index in [0.29, 0.717) is 36.4 Å². The molecule has 7 heteroatoms. The highest BCUT2D eigenvalue weighted by molar-refractivity contribution is 5.99. The number of fused-ring (bicyclic) bond motifs is 1. The Kier molecular flexibility index (Phi) is 5.74.